The lowest BCUT2D eigenvalue weighted by Gasteiger charge is -2.39. The van der Waals surface area contributed by atoms with Crippen LogP contribution in [0.25, 0.3) is 0 Å². The molecule has 0 saturated heterocycles. The van der Waals surface area contributed by atoms with E-state index in [9.17, 15) is 4.79 Å². The Morgan fingerprint density at radius 3 is 2.24 bits per heavy atom. The molecule has 4 nitrogen and oxygen atoms in total. The zero-order valence-corrected chi connectivity index (χ0v) is 12.1. The Hall–Kier alpha value is -0.610. The third-order valence-corrected chi connectivity index (χ3v) is 3.66. The van der Waals surface area contributed by atoms with E-state index >= 15 is 0 Å². The van der Waals surface area contributed by atoms with Gasteiger partial charge in [0, 0.05) is 32.6 Å². The van der Waals surface area contributed by atoms with Crippen molar-refractivity contribution >= 4 is 5.91 Å². The lowest BCUT2D eigenvalue weighted by molar-refractivity contribution is -0.128. The number of rotatable bonds is 8. The van der Waals surface area contributed by atoms with Crippen molar-refractivity contribution in [2.24, 2.45) is 5.73 Å². The molecule has 17 heavy (non-hydrogen) atoms. The minimum Gasteiger partial charge on any atom is -0.349 e. The fourth-order valence-corrected chi connectivity index (χ4v) is 1.95. The topological polar surface area (TPSA) is 49.6 Å². The highest BCUT2D eigenvalue weighted by molar-refractivity contribution is 5.75. The monoisotopic (exact) mass is 243 g/mol. The molecule has 0 spiro atoms. The van der Waals surface area contributed by atoms with Gasteiger partial charge in [-0.1, -0.05) is 13.8 Å². The van der Waals surface area contributed by atoms with Crippen LogP contribution < -0.4 is 5.73 Å². The van der Waals surface area contributed by atoms with Crippen LogP contribution in [0.3, 0.4) is 0 Å². The Labute approximate surface area is 106 Å². The molecule has 0 rings (SSSR count). The van der Waals surface area contributed by atoms with E-state index < -0.39 is 0 Å². The van der Waals surface area contributed by atoms with Gasteiger partial charge in [0.15, 0.2) is 0 Å². The quantitative estimate of drug-likeness (QED) is 0.699. The second-order valence-electron chi connectivity index (χ2n) is 5.03. The number of hydrogen-bond acceptors (Lipinski definition) is 3. The van der Waals surface area contributed by atoms with Gasteiger partial charge in [0.05, 0.1) is 0 Å². The summed E-state index contributed by atoms with van der Waals surface area (Å²) >= 11 is 0. The smallest absolute Gasteiger partial charge is 0.222 e. The summed E-state index contributed by atoms with van der Waals surface area (Å²) in [5.41, 5.74) is 5.92. The molecule has 2 N–H and O–H groups in total. The van der Waals surface area contributed by atoms with Crippen LogP contribution in [0.15, 0.2) is 0 Å². The molecule has 0 bridgehead atoms. The molecule has 0 aromatic rings. The summed E-state index contributed by atoms with van der Waals surface area (Å²) in [7, 11) is 3.60. The minimum absolute atomic E-state index is 0.0654. The van der Waals surface area contributed by atoms with Crippen molar-refractivity contribution < 1.29 is 4.79 Å². The summed E-state index contributed by atoms with van der Waals surface area (Å²) in [6, 6.07) is 0. The first-order valence-electron chi connectivity index (χ1n) is 6.56. The lowest BCUT2D eigenvalue weighted by Crippen LogP contribution is -2.51. The van der Waals surface area contributed by atoms with Gasteiger partial charge in [-0.05, 0) is 32.9 Å². The van der Waals surface area contributed by atoms with Gasteiger partial charge < -0.3 is 10.6 Å². The van der Waals surface area contributed by atoms with Crippen molar-refractivity contribution in [1.82, 2.24) is 9.80 Å². The van der Waals surface area contributed by atoms with E-state index in [0.29, 0.717) is 13.0 Å². The van der Waals surface area contributed by atoms with Gasteiger partial charge in [-0.2, -0.15) is 0 Å². The van der Waals surface area contributed by atoms with Gasteiger partial charge in [-0.25, -0.2) is 0 Å². The number of carbonyl (C=O) groups excluding carboxylic acids is 1. The Morgan fingerprint density at radius 2 is 1.88 bits per heavy atom. The molecule has 0 aromatic carbocycles. The Kier molecular flexibility index (Phi) is 7.39. The molecular weight excluding hydrogens is 214 g/mol. The summed E-state index contributed by atoms with van der Waals surface area (Å²) in [5, 5.41) is 0. The highest BCUT2D eigenvalue weighted by Crippen LogP contribution is 2.18. The second-order valence-corrected chi connectivity index (χ2v) is 5.03. The number of hydrogen-bond donors (Lipinski definition) is 1. The summed E-state index contributed by atoms with van der Waals surface area (Å²) in [6.45, 7) is 9.11. The van der Waals surface area contributed by atoms with E-state index in [2.05, 4.69) is 25.7 Å². The normalized spacial score (nSPS) is 14.8. The van der Waals surface area contributed by atoms with Crippen LogP contribution in [0, 0.1) is 0 Å². The fourth-order valence-electron chi connectivity index (χ4n) is 1.95. The minimum atomic E-state index is 0.0654. The summed E-state index contributed by atoms with van der Waals surface area (Å²) < 4.78 is 0. The maximum Gasteiger partial charge on any atom is 0.222 e. The second kappa shape index (κ2) is 7.67. The zero-order valence-electron chi connectivity index (χ0n) is 12.1. The van der Waals surface area contributed by atoms with E-state index in [0.717, 1.165) is 25.9 Å². The number of nitrogens with zero attached hydrogens (tertiary/aromatic N) is 2. The first kappa shape index (κ1) is 16.4. The lowest BCUT2D eigenvalue weighted by atomic mass is 9.96. The Morgan fingerprint density at radius 1 is 1.29 bits per heavy atom. The van der Waals surface area contributed by atoms with E-state index in [4.69, 9.17) is 5.73 Å². The van der Waals surface area contributed by atoms with Crippen molar-refractivity contribution in [2.45, 2.75) is 45.6 Å². The average Bonchev–Trinajstić information content (AvgIpc) is 2.33. The van der Waals surface area contributed by atoms with Crippen LogP contribution in [0.4, 0.5) is 0 Å². The summed E-state index contributed by atoms with van der Waals surface area (Å²) in [4.78, 5) is 15.5. The predicted octanol–water partition coefficient (Wildman–Crippen LogP) is 1.30. The number of likely N-dealkylation sites (N-methyl/N-ethyl adjacent to an activating group) is 1. The molecule has 0 fully saturated rings. The van der Waals surface area contributed by atoms with Crippen molar-refractivity contribution in [3.8, 4) is 0 Å². The van der Waals surface area contributed by atoms with E-state index in [1.165, 1.54) is 0 Å². The SMILES string of the molecule is CCN(CCCC(=O)N(C)C)C(C)(CC)CN. The molecule has 0 heterocycles. The maximum absolute atomic E-state index is 11.5. The van der Waals surface area contributed by atoms with Crippen LogP contribution >= 0.6 is 0 Å². The summed E-state index contributed by atoms with van der Waals surface area (Å²) in [6.07, 6.45) is 2.56. The zero-order chi connectivity index (χ0) is 13.5. The van der Waals surface area contributed by atoms with E-state index in [1.54, 1.807) is 19.0 Å². The third kappa shape index (κ3) is 5.04. The summed E-state index contributed by atoms with van der Waals surface area (Å²) in [5.74, 6) is 0.201. The van der Waals surface area contributed by atoms with E-state index in [1.807, 2.05) is 0 Å². The first-order chi connectivity index (χ1) is 7.91. The van der Waals surface area contributed by atoms with Crippen molar-refractivity contribution in [1.29, 1.82) is 0 Å². The number of nitrogens with two attached hydrogens (primary N) is 1. The number of amides is 1. The number of carbonyl (C=O) groups is 1. The Balaban J connectivity index is 4.19. The average molecular weight is 243 g/mol. The fraction of sp³-hybridized carbons (Fsp3) is 0.923. The third-order valence-electron chi connectivity index (χ3n) is 3.66. The molecule has 0 radical (unpaired) electrons. The highest BCUT2D eigenvalue weighted by Gasteiger charge is 2.26. The van der Waals surface area contributed by atoms with Gasteiger partial charge in [0.2, 0.25) is 5.91 Å². The molecule has 4 heteroatoms. The van der Waals surface area contributed by atoms with Crippen LogP contribution in [0.5, 0.6) is 0 Å². The molecule has 0 aliphatic carbocycles. The van der Waals surface area contributed by atoms with Gasteiger partial charge in [0.25, 0.3) is 0 Å². The molecule has 0 aromatic heterocycles. The van der Waals surface area contributed by atoms with Gasteiger partial charge in [-0.15, -0.1) is 0 Å². The standard InChI is InChI=1S/C13H29N3O/c1-6-13(3,11-14)16(7-2)10-8-9-12(17)15(4)5/h6-11,14H2,1-5H3. The van der Waals surface area contributed by atoms with Gasteiger partial charge in [-0.3, -0.25) is 9.69 Å². The van der Waals surface area contributed by atoms with Gasteiger partial charge >= 0.3 is 0 Å². The molecular formula is C13H29N3O. The maximum atomic E-state index is 11.5. The molecule has 1 atom stereocenters. The van der Waals surface area contributed by atoms with Gasteiger partial charge in [0.1, 0.15) is 0 Å². The molecule has 1 amide bonds. The molecule has 102 valence electrons. The van der Waals surface area contributed by atoms with Crippen LogP contribution in [0.1, 0.15) is 40.0 Å². The van der Waals surface area contributed by atoms with Crippen LogP contribution in [-0.4, -0.2) is 55.0 Å². The van der Waals surface area contributed by atoms with Crippen molar-refractivity contribution in [2.75, 3.05) is 33.7 Å². The molecule has 1 unspecified atom stereocenters. The predicted molar refractivity (Wildman–Crippen MR) is 72.9 cm³/mol. The molecule has 0 aliphatic rings. The Bertz CT molecular complexity index is 225. The highest BCUT2D eigenvalue weighted by atomic mass is 16.2. The van der Waals surface area contributed by atoms with Crippen LogP contribution in [-0.2, 0) is 4.79 Å². The first-order valence-corrected chi connectivity index (χ1v) is 6.56. The van der Waals surface area contributed by atoms with E-state index in [-0.39, 0.29) is 11.4 Å². The van der Waals surface area contributed by atoms with Crippen LogP contribution in [0.2, 0.25) is 0 Å². The largest absolute Gasteiger partial charge is 0.349 e. The molecule has 0 saturated carbocycles. The molecule has 0 aliphatic heterocycles. The van der Waals surface area contributed by atoms with Crippen molar-refractivity contribution in [3.63, 3.8) is 0 Å². The van der Waals surface area contributed by atoms with Crippen molar-refractivity contribution in [3.05, 3.63) is 0 Å².